The molecule has 0 aliphatic carbocycles. The third-order valence-electron chi connectivity index (χ3n) is 2.20. The molecule has 2 aromatic heterocycles. The summed E-state index contributed by atoms with van der Waals surface area (Å²) in [5.41, 5.74) is -1.07. The second-order valence-electron chi connectivity index (χ2n) is 3.60. The molecule has 0 bridgehead atoms. The van der Waals surface area contributed by atoms with Gasteiger partial charge in [0.05, 0.1) is 6.54 Å². The fourth-order valence-corrected chi connectivity index (χ4v) is 1.57. The Balaban J connectivity index is 2.02. The maximum Gasteiger partial charge on any atom is 0.433 e. The fraction of sp³-hybridized carbons (Fsp3) is 0.300. The van der Waals surface area contributed by atoms with Crippen molar-refractivity contribution < 1.29 is 13.2 Å². The summed E-state index contributed by atoms with van der Waals surface area (Å²) in [4.78, 5) is 6.81. The van der Waals surface area contributed by atoms with E-state index >= 15 is 0 Å². The highest BCUT2D eigenvalue weighted by Gasteiger charge is 2.33. The molecule has 2 aromatic rings. The molecule has 0 aliphatic rings. The van der Waals surface area contributed by atoms with E-state index in [1.165, 1.54) is 0 Å². The number of halogens is 4. The van der Waals surface area contributed by atoms with Crippen LogP contribution in [-0.4, -0.2) is 26.3 Å². The molecular formula is C10H9ClF3N5. The minimum Gasteiger partial charge on any atom is -0.368 e. The van der Waals surface area contributed by atoms with Gasteiger partial charge in [0.25, 0.3) is 0 Å². The molecule has 19 heavy (non-hydrogen) atoms. The number of rotatable bonds is 4. The topological polar surface area (TPSA) is 55.6 Å². The van der Waals surface area contributed by atoms with Crippen LogP contribution in [0.5, 0.6) is 0 Å². The molecule has 9 heteroatoms. The third-order valence-corrected chi connectivity index (χ3v) is 2.36. The standard InChI is InChI=1S/C10H9ClF3N5/c11-9-17-7(10(12,13)14)6-8(18-9)15-3-5-19-4-1-2-16-19/h1-2,4,6H,3,5H2,(H,15,17,18). The third kappa shape index (κ3) is 3.82. The first-order chi connectivity index (χ1) is 8.95. The zero-order valence-electron chi connectivity index (χ0n) is 9.52. The van der Waals surface area contributed by atoms with Gasteiger partial charge in [0.1, 0.15) is 5.82 Å². The first kappa shape index (κ1) is 13.6. The molecule has 0 saturated heterocycles. The van der Waals surface area contributed by atoms with Crippen molar-refractivity contribution in [1.82, 2.24) is 19.7 Å². The van der Waals surface area contributed by atoms with Crippen molar-refractivity contribution in [3.63, 3.8) is 0 Å². The van der Waals surface area contributed by atoms with E-state index in [1.807, 2.05) is 0 Å². The second kappa shape index (κ2) is 5.43. The SMILES string of the molecule is FC(F)(F)c1cc(NCCn2cccn2)nc(Cl)n1. The van der Waals surface area contributed by atoms with E-state index in [4.69, 9.17) is 11.6 Å². The Hall–Kier alpha value is -1.83. The summed E-state index contributed by atoms with van der Waals surface area (Å²) in [5.74, 6) is 0.0273. The number of aromatic nitrogens is 4. The fourth-order valence-electron chi connectivity index (χ4n) is 1.38. The monoisotopic (exact) mass is 291 g/mol. The van der Waals surface area contributed by atoms with Gasteiger partial charge in [0.15, 0.2) is 5.69 Å². The van der Waals surface area contributed by atoms with E-state index in [2.05, 4.69) is 20.4 Å². The molecule has 0 unspecified atom stereocenters. The summed E-state index contributed by atoms with van der Waals surface area (Å²) in [6.45, 7) is 0.863. The van der Waals surface area contributed by atoms with Crippen molar-refractivity contribution in [3.8, 4) is 0 Å². The zero-order chi connectivity index (χ0) is 13.9. The number of hydrogen-bond acceptors (Lipinski definition) is 4. The van der Waals surface area contributed by atoms with Crippen LogP contribution in [-0.2, 0) is 12.7 Å². The molecule has 0 spiro atoms. The van der Waals surface area contributed by atoms with Crippen LogP contribution in [0, 0.1) is 0 Å². The molecule has 102 valence electrons. The summed E-state index contributed by atoms with van der Waals surface area (Å²) in [5, 5.41) is 6.25. The first-order valence-electron chi connectivity index (χ1n) is 5.28. The van der Waals surface area contributed by atoms with Crippen LogP contribution in [0.4, 0.5) is 19.0 Å². The summed E-state index contributed by atoms with van der Waals surface area (Å²) >= 11 is 5.45. The summed E-state index contributed by atoms with van der Waals surface area (Å²) in [7, 11) is 0. The molecule has 1 N–H and O–H groups in total. The molecule has 0 saturated carbocycles. The molecular weight excluding hydrogens is 283 g/mol. The average molecular weight is 292 g/mol. The van der Waals surface area contributed by atoms with Crippen molar-refractivity contribution in [1.29, 1.82) is 0 Å². The maximum absolute atomic E-state index is 12.5. The lowest BCUT2D eigenvalue weighted by Gasteiger charge is -2.09. The Morgan fingerprint density at radius 2 is 2.11 bits per heavy atom. The molecule has 2 heterocycles. The van der Waals surface area contributed by atoms with Gasteiger partial charge in [0.2, 0.25) is 5.28 Å². The first-order valence-corrected chi connectivity index (χ1v) is 5.66. The van der Waals surface area contributed by atoms with E-state index in [0.717, 1.165) is 6.07 Å². The van der Waals surface area contributed by atoms with E-state index < -0.39 is 17.2 Å². The lowest BCUT2D eigenvalue weighted by atomic mass is 10.4. The highest BCUT2D eigenvalue weighted by Crippen LogP contribution is 2.29. The summed E-state index contributed by atoms with van der Waals surface area (Å²) < 4.78 is 39.1. The lowest BCUT2D eigenvalue weighted by molar-refractivity contribution is -0.141. The van der Waals surface area contributed by atoms with Crippen molar-refractivity contribution in [2.24, 2.45) is 0 Å². The van der Waals surface area contributed by atoms with Gasteiger partial charge < -0.3 is 5.32 Å². The quantitative estimate of drug-likeness (QED) is 0.879. The minimum atomic E-state index is -4.55. The largest absolute Gasteiger partial charge is 0.433 e. The number of nitrogens with one attached hydrogen (secondary N) is 1. The second-order valence-corrected chi connectivity index (χ2v) is 3.94. The highest BCUT2D eigenvalue weighted by molar-refractivity contribution is 6.28. The number of anilines is 1. The van der Waals surface area contributed by atoms with Gasteiger partial charge >= 0.3 is 6.18 Å². The van der Waals surface area contributed by atoms with Crippen LogP contribution >= 0.6 is 11.6 Å². The van der Waals surface area contributed by atoms with Crippen molar-refractivity contribution in [2.45, 2.75) is 12.7 Å². The lowest BCUT2D eigenvalue weighted by Crippen LogP contribution is -2.14. The van der Waals surface area contributed by atoms with Crippen molar-refractivity contribution in [2.75, 3.05) is 11.9 Å². The number of alkyl halides is 3. The number of nitrogens with zero attached hydrogens (tertiary/aromatic N) is 4. The van der Waals surface area contributed by atoms with Gasteiger partial charge in [-0.1, -0.05) is 0 Å². The smallest absolute Gasteiger partial charge is 0.368 e. The van der Waals surface area contributed by atoms with Crippen molar-refractivity contribution in [3.05, 3.63) is 35.5 Å². The van der Waals surface area contributed by atoms with Crippen LogP contribution in [0.1, 0.15) is 5.69 Å². The maximum atomic E-state index is 12.5. The van der Waals surface area contributed by atoms with Crippen LogP contribution in [0.3, 0.4) is 0 Å². The van der Waals surface area contributed by atoms with Crippen LogP contribution in [0.2, 0.25) is 5.28 Å². The Morgan fingerprint density at radius 1 is 1.32 bits per heavy atom. The molecule has 0 aliphatic heterocycles. The molecule has 0 atom stereocenters. The van der Waals surface area contributed by atoms with Gasteiger partial charge in [-0.15, -0.1) is 0 Å². The predicted molar refractivity (Wildman–Crippen MR) is 62.8 cm³/mol. The Bertz CT molecular complexity index is 541. The van der Waals surface area contributed by atoms with Crippen LogP contribution < -0.4 is 5.32 Å². The van der Waals surface area contributed by atoms with Gasteiger partial charge in [-0.25, -0.2) is 9.97 Å². The highest BCUT2D eigenvalue weighted by atomic mass is 35.5. The minimum absolute atomic E-state index is 0.0273. The molecule has 2 rings (SSSR count). The Morgan fingerprint density at radius 3 is 2.74 bits per heavy atom. The van der Waals surface area contributed by atoms with Gasteiger partial charge in [0, 0.05) is 25.0 Å². The Kier molecular flexibility index (Phi) is 3.89. The predicted octanol–water partition coefficient (Wildman–Crippen LogP) is 2.46. The van der Waals surface area contributed by atoms with E-state index in [9.17, 15) is 13.2 Å². The van der Waals surface area contributed by atoms with Gasteiger partial charge in [-0.05, 0) is 17.7 Å². The molecule has 0 radical (unpaired) electrons. The molecule has 5 nitrogen and oxygen atoms in total. The average Bonchev–Trinajstić information content (AvgIpc) is 2.80. The van der Waals surface area contributed by atoms with E-state index in [1.54, 1.807) is 23.1 Å². The molecule has 0 fully saturated rings. The van der Waals surface area contributed by atoms with Crippen molar-refractivity contribution >= 4 is 17.4 Å². The van der Waals surface area contributed by atoms with E-state index in [0.29, 0.717) is 13.1 Å². The van der Waals surface area contributed by atoms with Gasteiger partial charge in [-0.3, -0.25) is 4.68 Å². The Labute approximate surface area is 111 Å². The molecule has 0 amide bonds. The van der Waals surface area contributed by atoms with Crippen LogP contribution in [0.25, 0.3) is 0 Å². The summed E-state index contributed by atoms with van der Waals surface area (Å²) in [6, 6.07) is 2.57. The van der Waals surface area contributed by atoms with E-state index in [-0.39, 0.29) is 5.82 Å². The number of hydrogen-bond donors (Lipinski definition) is 1. The van der Waals surface area contributed by atoms with Crippen LogP contribution in [0.15, 0.2) is 24.5 Å². The molecule has 0 aromatic carbocycles. The van der Waals surface area contributed by atoms with Gasteiger partial charge in [-0.2, -0.15) is 18.3 Å². The zero-order valence-corrected chi connectivity index (χ0v) is 10.3. The normalized spacial score (nSPS) is 11.6. The summed E-state index contributed by atoms with van der Waals surface area (Å²) in [6.07, 6.45) is -1.19.